The van der Waals surface area contributed by atoms with Crippen molar-refractivity contribution in [3.8, 4) is 0 Å². The fraction of sp³-hybridized carbons (Fsp3) is 0.583. The Balaban J connectivity index is 2.22. The number of hydrogen-bond acceptors (Lipinski definition) is 1. The molecule has 0 aliphatic carbocycles. The maximum Gasteiger partial charge on any atom is 0.0359 e. The summed E-state index contributed by atoms with van der Waals surface area (Å²) in [5.41, 5.74) is 1.31. The highest BCUT2D eigenvalue weighted by Gasteiger charge is 2.08. The van der Waals surface area contributed by atoms with E-state index in [9.17, 15) is 0 Å². The molecular formula is C12H18ClN. The number of pyridine rings is 1. The van der Waals surface area contributed by atoms with Gasteiger partial charge in [0.05, 0.1) is 0 Å². The van der Waals surface area contributed by atoms with Gasteiger partial charge in [-0.05, 0) is 36.8 Å². The van der Waals surface area contributed by atoms with Gasteiger partial charge in [0.2, 0.25) is 0 Å². The first-order valence-electron chi connectivity index (χ1n) is 5.23. The van der Waals surface area contributed by atoms with Crippen LogP contribution in [0.3, 0.4) is 0 Å². The summed E-state index contributed by atoms with van der Waals surface area (Å²) >= 11 is 6.17. The van der Waals surface area contributed by atoms with Gasteiger partial charge >= 0.3 is 0 Å². The van der Waals surface area contributed by atoms with Gasteiger partial charge in [-0.15, -0.1) is 11.6 Å². The van der Waals surface area contributed by atoms with Crippen LogP contribution in [-0.2, 0) is 6.42 Å². The molecule has 1 rings (SSSR count). The van der Waals surface area contributed by atoms with Crippen molar-refractivity contribution in [1.29, 1.82) is 0 Å². The first-order chi connectivity index (χ1) is 6.70. The van der Waals surface area contributed by atoms with Gasteiger partial charge in [0.15, 0.2) is 0 Å². The Morgan fingerprint density at radius 3 is 2.79 bits per heavy atom. The summed E-state index contributed by atoms with van der Waals surface area (Å²) in [6.07, 6.45) is 7.07. The Labute approximate surface area is 91.5 Å². The van der Waals surface area contributed by atoms with Gasteiger partial charge in [-0.1, -0.05) is 19.9 Å². The van der Waals surface area contributed by atoms with Crippen LogP contribution in [0.2, 0.25) is 0 Å². The number of aromatic nitrogens is 1. The predicted molar refractivity (Wildman–Crippen MR) is 61.7 cm³/mol. The third-order valence-electron chi connectivity index (χ3n) is 2.39. The van der Waals surface area contributed by atoms with Crippen LogP contribution < -0.4 is 0 Å². The molecule has 0 spiro atoms. The van der Waals surface area contributed by atoms with Gasteiger partial charge in [0, 0.05) is 17.8 Å². The van der Waals surface area contributed by atoms with Gasteiger partial charge in [-0.3, -0.25) is 4.98 Å². The van der Waals surface area contributed by atoms with Gasteiger partial charge < -0.3 is 0 Å². The van der Waals surface area contributed by atoms with E-state index in [1.165, 1.54) is 5.56 Å². The fourth-order valence-corrected chi connectivity index (χ4v) is 1.53. The SMILES string of the molecule is CC(C)C(Cl)CCCc1cccnc1. The van der Waals surface area contributed by atoms with E-state index >= 15 is 0 Å². The second-order valence-electron chi connectivity index (χ2n) is 4.01. The van der Waals surface area contributed by atoms with E-state index < -0.39 is 0 Å². The third-order valence-corrected chi connectivity index (χ3v) is 3.11. The fourth-order valence-electron chi connectivity index (χ4n) is 1.38. The second-order valence-corrected chi connectivity index (χ2v) is 4.57. The molecule has 0 saturated heterocycles. The van der Waals surface area contributed by atoms with Crippen molar-refractivity contribution in [2.24, 2.45) is 5.92 Å². The number of halogens is 1. The zero-order valence-electron chi connectivity index (χ0n) is 8.91. The van der Waals surface area contributed by atoms with Gasteiger partial charge in [-0.25, -0.2) is 0 Å². The van der Waals surface area contributed by atoms with Crippen molar-refractivity contribution in [2.45, 2.75) is 38.5 Å². The predicted octanol–water partition coefficient (Wildman–Crippen LogP) is 3.67. The molecule has 0 N–H and O–H groups in total. The van der Waals surface area contributed by atoms with E-state index in [0.29, 0.717) is 11.3 Å². The molecule has 1 aromatic heterocycles. The molecule has 0 aromatic carbocycles. The van der Waals surface area contributed by atoms with E-state index in [1.807, 2.05) is 18.5 Å². The summed E-state index contributed by atoms with van der Waals surface area (Å²) in [5.74, 6) is 0.575. The summed E-state index contributed by atoms with van der Waals surface area (Å²) in [6.45, 7) is 4.34. The summed E-state index contributed by atoms with van der Waals surface area (Å²) < 4.78 is 0. The maximum absolute atomic E-state index is 6.17. The summed E-state index contributed by atoms with van der Waals surface area (Å²) in [4.78, 5) is 4.08. The Kier molecular flexibility index (Phi) is 4.95. The number of hydrogen-bond donors (Lipinski definition) is 0. The van der Waals surface area contributed by atoms with Crippen LogP contribution in [0.1, 0.15) is 32.3 Å². The molecular weight excluding hydrogens is 194 g/mol. The van der Waals surface area contributed by atoms with Crippen LogP contribution in [-0.4, -0.2) is 10.4 Å². The van der Waals surface area contributed by atoms with Crippen LogP contribution >= 0.6 is 11.6 Å². The van der Waals surface area contributed by atoms with Gasteiger partial charge in [0.1, 0.15) is 0 Å². The molecule has 1 heterocycles. The Hall–Kier alpha value is -0.560. The van der Waals surface area contributed by atoms with Crippen molar-refractivity contribution in [3.63, 3.8) is 0 Å². The smallest absolute Gasteiger partial charge is 0.0359 e. The molecule has 2 heteroatoms. The Bertz CT molecular complexity index is 246. The molecule has 0 amide bonds. The molecule has 0 saturated carbocycles. The number of rotatable bonds is 5. The molecule has 0 bridgehead atoms. The number of nitrogens with zero attached hydrogens (tertiary/aromatic N) is 1. The lowest BCUT2D eigenvalue weighted by atomic mass is 10.0. The number of aryl methyl sites for hydroxylation is 1. The molecule has 1 nitrogen and oxygen atoms in total. The topological polar surface area (TPSA) is 12.9 Å². The monoisotopic (exact) mass is 211 g/mol. The summed E-state index contributed by atoms with van der Waals surface area (Å²) in [5, 5.41) is 0.312. The van der Waals surface area contributed by atoms with Crippen molar-refractivity contribution in [1.82, 2.24) is 4.98 Å². The van der Waals surface area contributed by atoms with Crippen molar-refractivity contribution in [2.75, 3.05) is 0 Å². The van der Waals surface area contributed by atoms with E-state index in [-0.39, 0.29) is 0 Å². The first kappa shape index (κ1) is 11.5. The minimum Gasteiger partial charge on any atom is -0.264 e. The van der Waals surface area contributed by atoms with E-state index in [0.717, 1.165) is 19.3 Å². The Morgan fingerprint density at radius 1 is 1.43 bits per heavy atom. The molecule has 78 valence electrons. The van der Waals surface area contributed by atoms with Gasteiger partial charge in [0.25, 0.3) is 0 Å². The maximum atomic E-state index is 6.17. The van der Waals surface area contributed by atoms with Crippen LogP contribution in [0.15, 0.2) is 24.5 Å². The average Bonchev–Trinajstić information content (AvgIpc) is 2.19. The summed E-state index contributed by atoms with van der Waals surface area (Å²) in [6, 6.07) is 4.10. The van der Waals surface area contributed by atoms with Crippen molar-refractivity contribution < 1.29 is 0 Å². The molecule has 0 radical (unpaired) electrons. The molecule has 0 aliphatic heterocycles. The Morgan fingerprint density at radius 2 is 2.21 bits per heavy atom. The van der Waals surface area contributed by atoms with Crippen LogP contribution in [0.5, 0.6) is 0 Å². The third kappa shape index (κ3) is 4.10. The van der Waals surface area contributed by atoms with Crippen LogP contribution in [0, 0.1) is 5.92 Å². The lowest BCUT2D eigenvalue weighted by Gasteiger charge is -2.12. The largest absolute Gasteiger partial charge is 0.264 e. The quantitative estimate of drug-likeness (QED) is 0.678. The molecule has 1 aromatic rings. The van der Waals surface area contributed by atoms with Gasteiger partial charge in [-0.2, -0.15) is 0 Å². The highest BCUT2D eigenvalue weighted by atomic mass is 35.5. The van der Waals surface area contributed by atoms with E-state index in [1.54, 1.807) is 0 Å². The minimum atomic E-state index is 0.312. The van der Waals surface area contributed by atoms with Crippen LogP contribution in [0.4, 0.5) is 0 Å². The normalized spacial score (nSPS) is 13.1. The molecule has 1 atom stereocenters. The summed E-state index contributed by atoms with van der Waals surface area (Å²) in [7, 11) is 0. The van der Waals surface area contributed by atoms with E-state index in [2.05, 4.69) is 24.9 Å². The molecule has 14 heavy (non-hydrogen) atoms. The zero-order valence-corrected chi connectivity index (χ0v) is 9.67. The number of alkyl halides is 1. The zero-order chi connectivity index (χ0) is 10.4. The lowest BCUT2D eigenvalue weighted by Crippen LogP contribution is -2.07. The standard InChI is InChI=1S/C12H18ClN/c1-10(2)12(13)7-3-5-11-6-4-8-14-9-11/h4,6,8-10,12H,3,5,7H2,1-2H3. The highest BCUT2D eigenvalue weighted by molar-refractivity contribution is 6.20. The van der Waals surface area contributed by atoms with E-state index in [4.69, 9.17) is 11.6 Å². The lowest BCUT2D eigenvalue weighted by molar-refractivity contribution is 0.547. The minimum absolute atomic E-state index is 0.312. The average molecular weight is 212 g/mol. The van der Waals surface area contributed by atoms with Crippen molar-refractivity contribution >= 4 is 11.6 Å². The van der Waals surface area contributed by atoms with Crippen molar-refractivity contribution in [3.05, 3.63) is 30.1 Å². The first-order valence-corrected chi connectivity index (χ1v) is 5.66. The molecule has 0 fully saturated rings. The van der Waals surface area contributed by atoms with Crippen LogP contribution in [0.25, 0.3) is 0 Å². The second kappa shape index (κ2) is 6.02. The molecule has 0 aliphatic rings. The molecule has 1 unspecified atom stereocenters. The highest BCUT2D eigenvalue weighted by Crippen LogP contribution is 2.16.